The van der Waals surface area contributed by atoms with Gasteiger partial charge in [0.1, 0.15) is 0 Å². The zero-order valence-corrected chi connectivity index (χ0v) is 12.7. The van der Waals surface area contributed by atoms with Crippen LogP contribution in [0.5, 0.6) is 0 Å². The number of hydrogen-bond donors (Lipinski definition) is 1. The first-order valence-electron chi connectivity index (χ1n) is 7.81. The second kappa shape index (κ2) is 6.31. The van der Waals surface area contributed by atoms with Gasteiger partial charge in [-0.2, -0.15) is 5.10 Å². The van der Waals surface area contributed by atoms with Crippen molar-refractivity contribution in [1.29, 1.82) is 0 Å². The molecule has 0 radical (unpaired) electrons. The first-order valence-corrected chi connectivity index (χ1v) is 7.81. The molecule has 2 heterocycles. The average Bonchev–Trinajstić information content (AvgIpc) is 2.96. The molecule has 21 heavy (non-hydrogen) atoms. The standard InChI is InChI=1S/C17H24N4/c1-20-10-5-4-6-15(20)9-11-21-13-14(12-19-21)16-7-2-3-8-17(16)18/h2-3,7-8,12-13,15H,4-6,9-11,18H2,1H3. The second-order valence-corrected chi connectivity index (χ2v) is 6.00. The normalized spacial score (nSPS) is 19.8. The average molecular weight is 284 g/mol. The van der Waals surface area contributed by atoms with Crippen molar-refractivity contribution in [2.45, 2.75) is 38.3 Å². The first kappa shape index (κ1) is 14.1. The quantitative estimate of drug-likeness (QED) is 0.878. The van der Waals surface area contributed by atoms with Gasteiger partial charge >= 0.3 is 0 Å². The molecule has 2 aromatic rings. The predicted molar refractivity (Wildman–Crippen MR) is 87.0 cm³/mol. The smallest absolute Gasteiger partial charge is 0.0569 e. The van der Waals surface area contributed by atoms with Crippen molar-refractivity contribution in [1.82, 2.24) is 14.7 Å². The predicted octanol–water partition coefficient (Wildman–Crippen LogP) is 3.01. The van der Waals surface area contributed by atoms with E-state index in [4.69, 9.17) is 5.73 Å². The van der Waals surface area contributed by atoms with Crippen molar-refractivity contribution in [3.63, 3.8) is 0 Å². The molecule has 1 aromatic heterocycles. The molecule has 4 nitrogen and oxygen atoms in total. The Bertz CT molecular complexity index is 590. The first-order chi connectivity index (χ1) is 10.2. The van der Waals surface area contributed by atoms with E-state index in [9.17, 15) is 0 Å². The number of nitrogens with two attached hydrogens (primary N) is 1. The summed E-state index contributed by atoms with van der Waals surface area (Å²) in [6.07, 6.45) is 9.20. The Labute approximate surface area is 126 Å². The summed E-state index contributed by atoms with van der Waals surface area (Å²) in [6.45, 7) is 2.21. The van der Waals surface area contributed by atoms with E-state index in [2.05, 4.69) is 23.2 Å². The molecule has 1 fully saturated rings. The van der Waals surface area contributed by atoms with Crippen molar-refractivity contribution in [3.8, 4) is 11.1 Å². The number of aryl methyl sites for hydroxylation is 1. The minimum absolute atomic E-state index is 0.702. The Kier molecular flexibility index (Phi) is 4.25. The van der Waals surface area contributed by atoms with Gasteiger partial charge in [0.25, 0.3) is 0 Å². The lowest BCUT2D eigenvalue weighted by Gasteiger charge is -2.32. The summed E-state index contributed by atoms with van der Waals surface area (Å²) in [5.74, 6) is 0. The topological polar surface area (TPSA) is 47.1 Å². The zero-order valence-electron chi connectivity index (χ0n) is 12.7. The van der Waals surface area contributed by atoms with Gasteiger partial charge in [-0.1, -0.05) is 24.6 Å². The van der Waals surface area contributed by atoms with Gasteiger partial charge in [0.05, 0.1) is 6.20 Å². The summed E-state index contributed by atoms with van der Waals surface area (Å²) in [5, 5.41) is 4.49. The van der Waals surface area contributed by atoms with Crippen molar-refractivity contribution >= 4 is 5.69 Å². The number of aromatic nitrogens is 2. The Morgan fingerprint density at radius 2 is 2.14 bits per heavy atom. The van der Waals surface area contributed by atoms with Crippen molar-refractivity contribution < 1.29 is 0 Å². The highest BCUT2D eigenvalue weighted by molar-refractivity contribution is 5.75. The maximum absolute atomic E-state index is 6.03. The van der Waals surface area contributed by atoms with E-state index < -0.39 is 0 Å². The molecule has 1 saturated heterocycles. The summed E-state index contributed by atoms with van der Waals surface area (Å²) in [5.41, 5.74) is 9.01. The molecule has 2 N–H and O–H groups in total. The molecule has 0 bridgehead atoms. The van der Waals surface area contributed by atoms with Crippen molar-refractivity contribution in [2.24, 2.45) is 0 Å². The molecule has 4 heteroatoms. The summed E-state index contributed by atoms with van der Waals surface area (Å²) in [6, 6.07) is 8.66. The van der Waals surface area contributed by atoms with Gasteiger partial charge in [-0.25, -0.2) is 0 Å². The number of hydrogen-bond acceptors (Lipinski definition) is 3. The van der Waals surface area contributed by atoms with E-state index in [0.29, 0.717) is 6.04 Å². The molecule has 3 rings (SSSR count). The molecule has 1 unspecified atom stereocenters. The van der Waals surface area contributed by atoms with Crippen LogP contribution in [0.25, 0.3) is 11.1 Å². The number of para-hydroxylation sites is 1. The maximum atomic E-state index is 6.03. The van der Waals surface area contributed by atoms with Crippen LogP contribution in [0.2, 0.25) is 0 Å². The summed E-state index contributed by atoms with van der Waals surface area (Å²) >= 11 is 0. The van der Waals surface area contributed by atoms with E-state index in [-0.39, 0.29) is 0 Å². The van der Waals surface area contributed by atoms with E-state index in [1.165, 1.54) is 32.2 Å². The van der Waals surface area contributed by atoms with Gasteiger partial charge in [-0.3, -0.25) is 4.68 Å². The van der Waals surface area contributed by atoms with Crippen LogP contribution in [0, 0.1) is 0 Å². The SMILES string of the molecule is CN1CCCCC1CCn1cc(-c2ccccc2N)cn1. The monoisotopic (exact) mass is 284 g/mol. The molecule has 0 aliphatic carbocycles. The molecule has 112 valence electrons. The molecule has 0 spiro atoms. The van der Waals surface area contributed by atoms with Gasteiger partial charge in [0, 0.05) is 35.6 Å². The van der Waals surface area contributed by atoms with Crippen LogP contribution < -0.4 is 5.73 Å². The number of benzene rings is 1. The highest BCUT2D eigenvalue weighted by Gasteiger charge is 2.18. The van der Waals surface area contributed by atoms with E-state index in [0.717, 1.165) is 23.4 Å². The molecular weight excluding hydrogens is 260 g/mol. The summed E-state index contributed by atoms with van der Waals surface area (Å²) in [7, 11) is 2.24. The van der Waals surface area contributed by atoms with Crippen molar-refractivity contribution in [2.75, 3.05) is 19.3 Å². The molecule has 0 amide bonds. The number of piperidine rings is 1. The van der Waals surface area contributed by atoms with Gasteiger partial charge in [-0.05, 0) is 38.9 Å². The molecule has 0 saturated carbocycles. The van der Waals surface area contributed by atoms with Crippen LogP contribution >= 0.6 is 0 Å². The van der Waals surface area contributed by atoms with Gasteiger partial charge in [0.2, 0.25) is 0 Å². The Morgan fingerprint density at radius 1 is 1.29 bits per heavy atom. The van der Waals surface area contributed by atoms with Crippen LogP contribution in [0.4, 0.5) is 5.69 Å². The minimum atomic E-state index is 0.702. The fraction of sp³-hybridized carbons (Fsp3) is 0.471. The maximum Gasteiger partial charge on any atom is 0.0569 e. The van der Waals surface area contributed by atoms with Crippen molar-refractivity contribution in [3.05, 3.63) is 36.7 Å². The highest BCUT2D eigenvalue weighted by Crippen LogP contribution is 2.25. The lowest BCUT2D eigenvalue weighted by Crippen LogP contribution is -2.36. The van der Waals surface area contributed by atoms with Crippen LogP contribution in [-0.4, -0.2) is 34.3 Å². The van der Waals surface area contributed by atoms with Crippen LogP contribution in [0.15, 0.2) is 36.7 Å². The van der Waals surface area contributed by atoms with E-state index >= 15 is 0 Å². The number of anilines is 1. The fourth-order valence-corrected chi connectivity index (χ4v) is 3.17. The number of nitrogen functional groups attached to an aromatic ring is 1. The third-order valence-electron chi connectivity index (χ3n) is 4.52. The minimum Gasteiger partial charge on any atom is -0.398 e. The number of likely N-dealkylation sites (tertiary alicyclic amines) is 1. The van der Waals surface area contributed by atoms with Crippen LogP contribution in [0.3, 0.4) is 0 Å². The molecule has 1 atom stereocenters. The Morgan fingerprint density at radius 3 is 2.95 bits per heavy atom. The van der Waals surface area contributed by atoms with Gasteiger partial charge in [0.15, 0.2) is 0 Å². The van der Waals surface area contributed by atoms with Gasteiger partial charge in [-0.15, -0.1) is 0 Å². The van der Waals surface area contributed by atoms with Crippen LogP contribution in [-0.2, 0) is 6.54 Å². The molecule has 1 aliphatic heterocycles. The molecule has 1 aliphatic rings. The Balaban J connectivity index is 1.64. The molecule has 1 aromatic carbocycles. The summed E-state index contributed by atoms with van der Waals surface area (Å²) in [4.78, 5) is 2.49. The van der Waals surface area contributed by atoms with E-state index in [1.807, 2.05) is 35.1 Å². The van der Waals surface area contributed by atoms with Crippen LogP contribution in [0.1, 0.15) is 25.7 Å². The second-order valence-electron chi connectivity index (χ2n) is 6.00. The highest BCUT2D eigenvalue weighted by atomic mass is 15.3. The third kappa shape index (κ3) is 3.27. The van der Waals surface area contributed by atoms with Gasteiger partial charge < -0.3 is 10.6 Å². The lowest BCUT2D eigenvalue weighted by atomic mass is 10.0. The third-order valence-corrected chi connectivity index (χ3v) is 4.52. The number of nitrogens with zero attached hydrogens (tertiary/aromatic N) is 3. The Hall–Kier alpha value is -1.81. The van der Waals surface area contributed by atoms with E-state index in [1.54, 1.807) is 0 Å². The molecular formula is C17H24N4. The fourth-order valence-electron chi connectivity index (χ4n) is 3.17. The lowest BCUT2D eigenvalue weighted by molar-refractivity contribution is 0.169. The summed E-state index contributed by atoms with van der Waals surface area (Å²) < 4.78 is 2.05. The largest absolute Gasteiger partial charge is 0.398 e. The number of rotatable bonds is 4. The zero-order chi connectivity index (χ0) is 14.7.